The predicted octanol–water partition coefficient (Wildman–Crippen LogP) is 5.88. The summed E-state index contributed by atoms with van der Waals surface area (Å²) < 4.78 is 5.66. The number of allylic oxidation sites excluding steroid dienone is 1. The van der Waals surface area contributed by atoms with Gasteiger partial charge in [0.2, 0.25) is 8.32 Å². The Kier molecular flexibility index (Phi) is 10.7. The van der Waals surface area contributed by atoms with Crippen molar-refractivity contribution in [1.29, 1.82) is 0 Å². The van der Waals surface area contributed by atoms with Crippen LogP contribution in [0.3, 0.4) is 0 Å². The Morgan fingerprint density at radius 2 is 1.35 bits per heavy atom. The van der Waals surface area contributed by atoms with Crippen LogP contribution in [0.4, 0.5) is 0 Å². The molecule has 0 aromatic heterocycles. The van der Waals surface area contributed by atoms with Crippen molar-refractivity contribution < 1.29 is 4.43 Å². The number of rotatable bonds is 11. The Hall–Kier alpha value is -0.243. The summed E-state index contributed by atoms with van der Waals surface area (Å²) in [6.07, 6.45) is 16.5. The van der Waals surface area contributed by atoms with Crippen molar-refractivity contribution in [2.24, 2.45) is 0 Å². The molecule has 0 spiro atoms. The van der Waals surface area contributed by atoms with Gasteiger partial charge in [-0.15, -0.1) is 0 Å². The number of hydrogen-bond acceptors (Lipinski definition) is 1. The highest BCUT2D eigenvalue weighted by atomic mass is 28.4. The first kappa shape index (κ1) is 16.8. The molecule has 0 saturated heterocycles. The Morgan fingerprint density at radius 3 is 1.88 bits per heavy atom. The topological polar surface area (TPSA) is 9.23 Å². The largest absolute Gasteiger partial charge is 0.550 e. The molecule has 102 valence electrons. The minimum absolute atomic E-state index is 1.18. The van der Waals surface area contributed by atoms with Gasteiger partial charge in [-0.05, 0) is 32.5 Å². The van der Waals surface area contributed by atoms with Crippen LogP contribution < -0.4 is 0 Å². The second-order valence-electron chi connectivity index (χ2n) is 5.87. The summed E-state index contributed by atoms with van der Waals surface area (Å²) in [6, 6.07) is 0. The third kappa shape index (κ3) is 15.8. The van der Waals surface area contributed by atoms with Gasteiger partial charge in [-0.1, -0.05) is 57.9 Å². The van der Waals surface area contributed by atoms with Gasteiger partial charge >= 0.3 is 0 Å². The van der Waals surface area contributed by atoms with E-state index in [1.807, 2.05) is 6.26 Å². The smallest absolute Gasteiger partial charge is 0.241 e. The van der Waals surface area contributed by atoms with Crippen LogP contribution in [0.25, 0.3) is 0 Å². The molecular weight excluding hydrogens is 224 g/mol. The molecule has 0 aromatic rings. The van der Waals surface area contributed by atoms with Crippen LogP contribution >= 0.6 is 0 Å². The van der Waals surface area contributed by atoms with Crippen LogP contribution in [0.2, 0.25) is 19.6 Å². The zero-order valence-electron chi connectivity index (χ0n) is 12.4. The van der Waals surface area contributed by atoms with Crippen LogP contribution in [0.1, 0.15) is 64.7 Å². The lowest BCUT2D eigenvalue weighted by Crippen LogP contribution is -2.21. The van der Waals surface area contributed by atoms with Crippen molar-refractivity contribution in [3.63, 3.8) is 0 Å². The van der Waals surface area contributed by atoms with Crippen LogP contribution in [0, 0.1) is 0 Å². The van der Waals surface area contributed by atoms with Gasteiger partial charge in [-0.25, -0.2) is 0 Å². The van der Waals surface area contributed by atoms with Crippen LogP contribution in [0.5, 0.6) is 0 Å². The Labute approximate surface area is 110 Å². The van der Waals surface area contributed by atoms with E-state index in [-0.39, 0.29) is 0 Å². The maximum Gasteiger partial charge on any atom is 0.241 e. The van der Waals surface area contributed by atoms with Crippen molar-refractivity contribution in [2.75, 3.05) is 0 Å². The lowest BCUT2D eigenvalue weighted by molar-refractivity contribution is 0.475. The molecule has 0 saturated carbocycles. The molecule has 17 heavy (non-hydrogen) atoms. The molecule has 0 N–H and O–H groups in total. The van der Waals surface area contributed by atoms with Crippen LogP contribution in [0.15, 0.2) is 12.3 Å². The van der Waals surface area contributed by atoms with Gasteiger partial charge in [0.15, 0.2) is 0 Å². The van der Waals surface area contributed by atoms with E-state index < -0.39 is 8.32 Å². The Balaban J connectivity index is 3.13. The molecular formula is C15H32OSi. The van der Waals surface area contributed by atoms with Crippen molar-refractivity contribution in [3.05, 3.63) is 12.3 Å². The first-order valence-electron chi connectivity index (χ1n) is 7.39. The van der Waals surface area contributed by atoms with Gasteiger partial charge in [-0.3, -0.25) is 0 Å². The Morgan fingerprint density at radius 1 is 0.824 bits per heavy atom. The van der Waals surface area contributed by atoms with Crippen molar-refractivity contribution in [2.45, 2.75) is 84.4 Å². The predicted molar refractivity (Wildman–Crippen MR) is 80.8 cm³/mol. The van der Waals surface area contributed by atoms with Crippen LogP contribution in [-0.4, -0.2) is 8.32 Å². The summed E-state index contributed by atoms with van der Waals surface area (Å²) >= 11 is 0. The van der Waals surface area contributed by atoms with E-state index in [0.717, 1.165) is 0 Å². The first-order valence-corrected chi connectivity index (χ1v) is 10.8. The highest BCUT2D eigenvalue weighted by molar-refractivity contribution is 6.69. The molecule has 0 aliphatic heterocycles. The zero-order chi connectivity index (χ0) is 13.0. The molecule has 0 aliphatic carbocycles. The zero-order valence-corrected chi connectivity index (χ0v) is 13.4. The lowest BCUT2D eigenvalue weighted by atomic mass is 10.1. The standard InChI is InChI=1S/C15H32OSi/c1-5-6-7-8-9-10-11-12-13-14-15-16-17(2,3)4/h14-15H,5-13H2,1-4H3/b15-14-. The maximum absolute atomic E-state index is 5.66. The third-order valence-corrected chi connectivity index (χ3v) is 3.59. The van der Waals surface area contributed by atoms with Gasteiger partial charge in [-0.2, -0.15) is 0 Å². The highest BCUT2D eigenvalue weighted by Gasteiger charge is 2.12. The van der Waals surface area contributed by atoms with Gasteiger partial charge in [0.25, 0.3) is 0 Å². The summed E-state index contributed by atoms with van der Waals surface area (Å²) in [7, 11) is -1.34. The van der Waals surface area contributed by atoms with E-state index >= 15 is 0 Å². The molecule has 0 aliphatic rings. The van der Waals surface area contributed by atoms with E-state index in [2.05, 4.69) is 32.6 Å². The van der Waals surface area contributed by atoms with E-state index in [9.17, 15) is 0 Å². The lowest BCUT2D eigenvalue weighted by Gasteiger charge is -2.14. The highest BCUT2D eigenvalue weighted by Crippen LogP contribution is 2.10. The van der Waals surface area contributed by atoms with E-state index in [1.165, 1.54) is 57.8 Å². The van der Waals surface area contributed by atoms with Crippen molar-refractivity contribution in [1.82, 2.24) is 0 Å². The quantitative estimate of drug-likeness (QED) is 0.255. The Bertz CT molecular complexity index is 182. The SMILES string of the molecule is CCCCCCCCCC/C=C\O[Si](C)(C)C. The molecule has 0 aromatic carbocycles. The molecule has 0 unspecified atom stereocenters. The fraction of sp³-hybridized carbons (Fsp3) is 0.867. The average molecular weight is 257 g/mol. The van der Waals surface area contributed by atoms with Gasteiger partial charge in [0.1, 0.15) is 0 Å². The van der Waals surface area contributed by atoms with Crippen molar-refractivity contribution in [3.8, 4) is 0 Å². The molecule has 0 rings (SSSR count). The molecule has 0 amide bonds. The summed E-state index contributed by atoms with van der Waals surface area (Å²) in [6.45, 7) is 8.92. The molecule has 2 heteroatoms. The molecule has 0 fully saturated rings. The van der Waals surface area contributed by atoms with Gasteiger partial charge in [0.05, 0.1) is 6.26 Å². The molecule has 0 bridgehead atoms. The fourth-order valence-corrected chi connectivity index (χ4v) is 2.22. The number of unbranched alkanes of at least 4 members (excludes halogenated alkanes) is 8. The molecule has 0 heterocycles. The summed E-state index contributed by atoms with van der Waals surface area (Å²) in [5.74, 6) is 0. The number of hydrogen-bond donors (Lipinski definition) is 0. The molecule has 1 nitrogen and oxygen atoms in total. The van der Waals surface area contributed by atoms with Gasteiger partial charge < -0.3 is 4.43 Å². The van der Waals surface area contributed by atoms with Crippen molar-refractivity contribution >= 4 is 8.32 Å². The first-order chi connectivity index (χ1) is 8.06. The van der Waals surface area contributed by atoms with Gasteiger partial charge in [0, 0.05) is 0 Å². The summed E-state index contributed by atoms with van der Waals surface area (Å²) in [5, 5.41) is 0. The van der Waals surface area contributed by atoms with E-state index in [1.54, 1.807) is 0 Å². The summed E-state index contributed by atoms with van der Waals surface area (Å²) in [5.41, 5.74) is 0. The second-order valence-corrected chi connectivity index (χ2v) is 10.3. The minimum atomic E-state index is -1.34. The van der Waals surface area contributed by atoms with Crippen LogP contribution in [-0.2, 0) is 4.43 Å². The maximum atomic E-state index is 5.66. The minimum Gasteiger partial charge on any atom is -0.550 e. The summed E-state index contributed by atoms with van der Waals surface area (Å²) in [4.78, 5) is 0. The second kappa shape index (κ2) is 10.9. The van der Waals surface area contributed by atoms with E-state index in [0.29, 0.717) is 0 Å². The van der Waals surface area contributed by atoms with E-state index in [4.69, 9.17) is 4.43 Å². The molecule has 0 atom stereocenters. The average Bonchev–Trinajstić information content (AvgIpc) is 2.24. The normalized spacial score (nSPS) is 12.2. The fourth-order valence-electron chi connectivity index (χ4n) is 1.72. The third-order valence-electron chi connectivity index (χ3n) is 2.74. The monoisotopic (exact) mass is 256 g/mol. The molecule has 0 radical (unpaired) electrons.